The molecule has 8 heteroatoms. The minimum absolute atomic E-state index is 0.186. The van der Waals surface area contributed by atoms with Gasteiger partial charge in [-0.2, -0.15) is 0 Å². The molecule has 0 aromatic carbocycles. The molecular formula is C12H23N7O. The monoisotopic (exact) mass is 281 g/mol. The highest BCUT2D eigenvalue weighted by molar-refractivity contribution is 5.91. The minimum atomic E-state index is -0.419. The van der Waals surface area contributed by atoms with Crippen LogP contribution in [0.4, 0.5) is 0 Å². The summed E-state index contributed by atoms with van der Waals surface area (Å²) in [6.07, 6.45) is 1.61. The van der Waals surface area contributed by atoms with E-state index in [1.807, 2.05) is 5.43 Å². The van der Waals surface area contributed by atoms with Gasteiger partial charge in [0.15, 0.2) is 5.69 Å². The summed E-state index contributed by atoms with van der Waals surface area (Å²) in [5.74, 6) is 4.64. The summed E-state index contributed by atoms with van der Waals surface area (Å²) in [6, 6.07) is 0. The van der Waals surface area contributed by atoms with Gasteiger partial charge in [-0.1, -0.05) is 5.21 Å². The van der Waals surface area contributed by atoms with Crippen molar-refractivity contribution in [2.45, 2.75) is 25.9 Å². The first-order chi connectivity index (χ1) is 9.42. The lowest BCUT2D eigenvalue weighted by molar-refractivity contribution is 0.0379. The van der Waals surface area contributed by atoms with Crippen molar-refractivity contribution in [2.75, 3.05) is 33.2 Å². The van der Waals surface area contributed by atoms with E-state index in [2.05, 4.69) is 41.0 Å². The fourth-order valence-corrected chi connectivity index (χ4v) is 2.36. The van der Waals surface area contributed by atoms with Crippen LogP contribution in [0.25, 0.3) is 0 Å². The molecule has 0 atom stereocenters. The van der Waals surface area contributed by atoms with Crippen LogP contribution in [0.2, 0.25) is 0 Å². The van der Waals surface area contributed by atoms with Crippen LogP contribution in [0, 0.1) is 0 Å². The number of nitrogens with zero attached hydrogens (tertiary/aromatic N) is 5. The quantitative estimate of drug-likeness (QED) is 0.414. The van der Waals surface area contributed by atoms with Crippen LogP contribution < -0.4 is 11.3 Å². The molecule has 1 aromatic rings. The Morgan fingerprint density at radius 3 is 2.85 bits per heavy atom. The lowest BCUT2D eigenvalue weighted by Gasteiger charge is -2.45. The number of amides is 1. The molecule has 1 fully saturated rings. The van der Waals surface area contributed by atoms with Crippen molar-refractivity contribution in [2.24, 2.45) is 5.84 Å². The van der Waals surface area contributed by atoms with Crippen LogP contribution in [-0.2, 0) is 6.54 Å². The summed E-state index contributed by atoms with van der Waals surface area (Å²) in [4.78, 5) is 16.1. The van der Waals surface area contributed by atoms with Gasteiger partial charge in [0.1, 0.15) is 0 Å². The first kappa shape index (κ1) is 14.9. The molecule has 1 aromatic heterocycles. The Hall–Kier alpha value is -1.51. The second-order valence-electron chi connectivity index (χ2n) is 5.85. The molecule has 3 N–H and O–H groups in total. The number of likely N-dealkylation sites (N-methyl/N-ethyl adjacent to an activating group) is 1. The van der Waals surface area contributed by atoms with Gasteiger partial charge in [0.2, 0.25) is 0 Å². The van der Waals surface area contributed by atoms with Gasteiger partial charge in [-0.05, 0) is 20.9 Å². The second-order valence-corrected chi connectivity index (χ2v) is 5.85. The van der Waals surface area contributed by atoms with Gasteiger partial charge in [0.25, 0.3) is 5.91 Å². The van der Waals surface area contributed by atoms with Gasteiger partial charge < -0.3 is 0 Å². The number of carbonyl (C=O) groups excluding carboxylic acids is 1. The average Bonchev–Trinajstić information content (AvgIpc) is 2.88. The number of piperazine rings is 1. The summed E-state index contributed by atoms with van der Waals surface area (Å²) in [5, 5.41) is 7.72. The van der Waals surface area contributed by atoms with Crippen molar-refractivity contribution in [3.63, 3.8) is 0 Å². The number of carbonyl (C=O) groups is 1. The van der Waals surface area contributed by atoms with Crippen LogP contribution in [0.15, 0.2) is 6.20 Å². The van der Waals surface area contributed by atoms with Gasteiger partial charge in [-0.15, -0.1) is 5.10 Å². The van der Waals surface area contributed by atoms with E-state index in [0.29, 0.717) is 6.54 Å². The molecule has 8 nitrogen and oxygen atoms in total. The zero-order valence-corrected chi connectivity index (χ0v) is 12.3. The van der Waals surface area contributed by atoms with Crippen molar-refractivity contribution in [3.8, 4) is 0 Å². The number of rotatable bonds is 4. The van der Waals surface area contributed by atoms with Crippen LogP contribution in [-0.4, -0.2) is 69.5 Å². The molecule has 0 bridgehead atoms. The van der Waals surface area contributed by atoms with Crippen LogP contribution >= 0.6 is 0 Å². The highest BCUT2D eigenvalue weighted by Crippen LogP contribution is 2.18. The number of nitrogens with one attached hydrogen (secondary N) is 1. The molecule has 1 aliphatic heterocycles. The molecule has 0 unspecified atom stereocenters. The summed E-state index contributed by atoms with van der Waals surface area (Å²) in [7, 11) is 2.16. The number of aromatic nitrogens is 3. The molecule has 1 aliphatic rings. The molecule has 0 spiro atoms. The molecule has 112 valence electrons. The van der Waals surface area contributed by atoms with Gasteiger partial charge in [0, 0.05) is 31.7 Å². The molecular weight excluding hydrogens is 258 g/mol. The van der Waals surface area contributed by atoms with Gasteiger partial charge in [-0.25, -0.2) is 5.84 Å². The average molecular weight is 281 g/mol. The third kappa shape index (κ3) is 3.33. The first-order valence-corrected chi connectivity index (χ1v) is 6.77. The lowest BCUT2D eigenvalue weighted by atomic mass is 10.00. The third-order valence-corrected chi connectivity index (χ3v) is 3.94. The fourth-order valence-electron chi connectivity index (χ4n) is 2.36. The SMILES string of the molecule is CN1CCN(CCn2cc(C(=O)NN)nn2)CC1(C)C. The largest absolute Gasteiger partial charge is 0.299 e. The molecule has 2 rings (SSSR count). The number of hydrogen-bond acceptors (Lipinski definition) is 6. The zero-order chi connectivity index (χ0) is 14.8. The van der Waals surface area contributed by atoms with Gasteiger partial charge in [-0.3, -0.25) is 24.7 Å². The maximum atomic E-state index is 11.3. The van der Waals surface area contributed by atoms with Crippen molar-refractivity contribution in [3.05, 3.63) is 11.9 Å². The van der Waals surface area contributed by atoms with E-state index in [9.17, 15) is 4.79 Å². The number of hydrazine groups is 1. The Morgan fingerprint density at radius 1 is 1.45 bits per heavy atom. The van der Waals surface area contributed by atoms with Gasteiger partial charge in [0.05, 0.1) is 12.7 Å². The summed E-state index contributed by atoms with van der Waals surface area (Å²) >= 11 is 0. The molecule has 1 saturated heterocycles. The first-order valence-electron chi connectivity index (χ1n) is 6.77. The third-order valence-electron chi connectivity index (χ3n) is 3.94. The van der Waals surface area contributed by atoms with Crippen molar-refractivity contribution >= 4 is 5.91 Å². The van der Waals surface area contributed by atoms with Crippen molar-refractivity contribution < 1.29 is 4.79 Å². The topological polar surface area (TPSA) is 92.3 Å². The van der Waals surface area contributed by atoms with E-state index in [1.165, 1.54) is 0 Å². The number of nitrogen functional groups attached to an aromatic ring is 1. The molecule has 1 amide bonds. The Bertz CT molecular complexity index is 470. The van der Waals surface area contributed by atoms with E-state index >= 15 is 0 Å². The van der Waals surface area contributed by atoms with Crippen molar-refractivity contribution in [1.29, 1.82) is 0 Å². The van der Waals surface area contributed by atoms with E-state index < -0.39 is 5.91 Å². The van der Waals surface area contributed by atoms with E-state index in [0.717, 1.165) is 26.2 Å². The lowest BCUT2D eigenvalue weighted by Crippen LogP contribution is -2.57. The minimum Gasteiger partial charge on any atom is -0.299 e. The smallest absolute Gasteiger partial charge is 0.287 e. The summed E-state index contributed by atoms with van der Waals surface area (Å²) in [6.45, 7) is 9.23. The van der Waals surface area contributed by atoms with Gasteiger partial charge >= 0.3 is 0 Å². The van der Waals surface area contributed by atoms with E-state index in [-0.39, 0.29) is 11.2 Å². The maximum absolute atomic E-state index is 11.3. The molecule has 20 heavy (non-hydrogen) atoms. The zero-order valence-electron chi connectivity index (χ0n) is 12.3. The standard InChI is InChI=1S/C12H23N7O/c1-12(2)9-18(5-4-17(12)3)6-7-19-8-10(15-16-19)11(20)14-13/h8H,4-7,9,13H2,1-3H3,(H,14,20). The normalized spacial score (nSPS) is 20.0. The predicted molar refractivity (Wildman–Crippen MR) is 74.8 cm³/mol. The second kappa shape index (κ2) is 5.86. The fraction of sp³-hybridized carbons (Fsp3) is 0.750. The Kier molecular flexibility index (Phi) is 4.36. The molecule has 0 radical (unpaired) electrons. The highest BCUT2D eigenvalue weighted by atomic mass is 16.2. The highest BCUT2D eigenvalue weighted by Gasteiger charge is 2.30. The van der Waals surface area contributed by atoms with E-state index in [4.69, 9.17) is 5.84 Å². The molecule has 2 heterocycles. The number of hydrogen-bond donors (Lipinski definition) is 2. The van der Waals surface area contributed by atoms with Crippen LogP contribution in [0.1, 0.15) is 24.3 Å². The Morgan fingerprint density at radius 2 is 2.20 bits per heavy atom. The maximum Gasteiger partial charge on any atom is 0.287 e. The van der Waals surface area contributed by atoms with Crippen LogP contribution in [0.5, 0.6) is 0 Å². The molecule has 0 saturated carbocycles. The van der Waals surface area contributed by atoms with E-state index in [1.54, 1.807) is 10.9 Å². The Balaban J connectivity index is 1.86. The summed E-state index contributed by atoms with van der Waals surface area (Å²) in [5.41, 5.74) is 2.47. The van der Waals surface area contributed by atoms with Crippen LogP contribution in [0.3, 0.4) is 0 Å². The van der Waals surface area contributed by atoms with Crippen molar-refractivity contribution in [1.82, 2.24) is 30.2 Å². The Labute approximate surface area is 118 Å². The number of nitrogens with two attached hydrogens (primary N) is 1. The predicted octanol–water partition coefficient (Wildman–Crippen LogP) is -1.09. The summed E-state index contributed by atoms with van der Waals surface area (Å²) < 4.78 is 1.68. The molecule has 0 aliphatic carbocycles.